The van der Waals surface area contributed by atoms with Gasteiger partial charge in [0.1, 0.15) is 0 Å². The number of guanidine groups is 1. The van der Waals surface area contributed by atoms with Gasteiger partial charge in [-0.2, -0.15) is 0 Å². The molecule has 4 rings (SSSR count). The number of nitrogens with zero attached hydrogens (tertiary/aromatic N) is 2. The van der Waals surface area contributed by atoms with Gasteiger partial charge in [0, 0.05) is 26.7 Å². The van der Waals surface area contributed by atoms with Crippen LogP contribution in [0.2, 0.25) is 0 Å². The van der Waals surface area contributed by atoms with Gasteiger partial charge in [0.15, 0.2) is 5.96 Å². The van der Waals surface area contributed by atoms with Crippen molar-refractivity contribution in [3.8, 4) is 0 Å². The van der Waals surface area contributed by atoms with Crippen molar-refractivity contribution in [1.82, 2.24) is 15.5 Å². The Bertz CT molecular complexity index is 684. The van der Waals surface area contributed by atoms with Gasteiger partial charge in [-0.3, -0.25) is 19.5 Å². The average Bonchev–Trinajstić information content (AvgIpc) is 3.39. The summed E-state index contributed by atoms with van der Waals surface area (Å²) in [5.74, 6) is 1.21. The van der Waals surface area contributed by atoms with Crippen LogP contribution in [-0.4, -0.2) is 62.6 Å². The van der Waals surface area contributed by atoms with Crippen LogP contribution >= 0.6 is 0 Å². The first-order valence-electron chi connectivity index (χ1n) is 10.4. The number of aliphatic imine (C=N–C) groups is 1. The number of rotatable bonds is 7. The van der Waals surface area contributed by atoms with Gasteiger partial charge < -0.3 is 15.4 Å². The molecule has 0 radical (unpaired) electrons. The Morgan fingerprint density at radius 1 is 1.18 bits per heavy atom. The number of nitrogens with one attached hydrogen (secondary N) is 2. The highest BCUT2D eigenvalue weighted by Crippen LogP contribution is 2.52. The molecule has 28 heavy (non-hydrogen) atoms. The van der Waals surface area contributed by atoms with Crippen LogP contribution in [0.4, 0.5) is 0 Å². The molecule has 2 aliphatic heterocycles. The smallest absolute Gasteiger partial charge is 0.233 e. The first kappa shape index (κ1) is 19.2. The number of carbonyl (C=O) groups is 2. The van der Waals surface area contributed by atoms with Crippen LogP contribution in [0.15, 0.2) is 28.8 Å². The first-order valence-corrected chi connectivity index (χ1v) is 10.4. The molecule has 0 aromatic carbocycles. The largest absolute Gasteiger partial charge is 0.377 e. The van der Waals surface area contributed by atoms with E-state index in [0.29, 0.717) is 13.1 Å². The van der Waals surface area contributed by atoms with Crippen molar-refractivity contribution in [1.29, 1.82) is 0 Å². The minimum atomic E-state index is -0.0932. The fraction of sp³-hybridized carbons (Fsp3) is 0.667. The molecular weight excluding hydrogens is 356 g/mol. The minimum absolute atomic E-state index is 0.0408. The van der Waals surface area contributed by atoms with Crippen LogP contribution in [-0.2, 0) is 14.3 Å². The molecule has 7 nitrogen and oxygen atoms in total. The maximum Gasteiger partial charge on any atom is 0.233 e. The second-order valence-electron chi connectivity index (χ2n) is 8.04. The molecule has 152 valence electrons. The molecule has 1 saturated heterocycles. The Labute approximate surface area is 166 Å². The lowest BCUT2D eigenvalue weighted by Crippen LogP contribution is -2.40. The molecule has 2 heterocycles. The molecule has 0 aromatic rings. The Hall–Kier alpha value is -2.15. The van der Waals surface area contributed by atoms with Crippen molar-refractivity contribution in [3.63, 3.8) is 0 Å². The minimum Gasteiger partial charge on any atom is -0.377 e. The number of ether oxygens (including phenoxy) is 1. The molecule has 2 N–H and O–H groups in total. The maximum atomic E-state index is 12.7. The Balaban J connectivity index is 1.16. The first-order chi connectivity index (χ1) is 13.7. The molecule has 4 unspecified atom stereocenters. The van der Waals surface area contributed by atoms with Gasteiger partial charge >= 0.3 is 0 Å². The van der Waals surface area contributed by atoms with Gasteiger partial charge in [-0.15, -0.1) is 0 Å². The van der Waals surface area contributed by atoms with E-state index in [1.165, 1.54) is 10.5 Å². The monoisotopic (exact) mass is 386 g/mol. The van der Waals surface area contributed by atoms with Gasteiger partial charge in [0.2, 0.25) is 11.8 Å². The molecule has 0 aromatic heterocycles. The molecule has 4 atom stereocenters. The zero-order valence-electron chi connectivity index (χ0n) is 16.5. The standard InChI is InChI=1S/C21H30N4O3/c1-22-21(24-9-5-14-6-11-28-12-7-14)23-8-2-10-25-19(26)17-15-3-4-16(13-15)18(17)20(25)27/h3-4,6,15-18H,2,5,7-13H2,1H3,(H2,22,23,24). The zero-order valence-corrected chi connectivity index (χ0v) is 16.5. The van der Waals surface area contributed by atoms with E-state index in [2.05, 4.69) is 33.9 Å². The molecule has 2 bridgehead atoms. The van der Waals surface area contributed by atoms with Gasteiger partial charge in [-0.25, -0.2) is 0 Å². The fourth-order valence-electron chi connectivity index (χ4n) is 4.98. The van der Waals surface area contributed by atoms with E-state index >= 15 is 0 Å². The van der Waals surface area contributed by atoms with E-state index in [1.807, 2.05) is 0 Å². The summed E-state index contributed by atoms with van der Waals surface area (Å²) in [6.07, 6.45) is 10.1. The van der Waals surface area contributed by atoms with Crippen LogP contribution in [0.1, 0.15) is 25.7 Å². The molecular formula is C21H30N4O3. The van der Waals surface area contributed by atoms with Gasteiger partial charge in [-0.1, -0.05) is 23.8 Å². The van der Waals surface area contributed by atoms with E-state index in [9.17, 15) is 9.59 Å². The van der Waals surface area contributed by atoms with Gasteiger partial charge in [-0.05, 0) is 37.5 Å². The number of likely N-dealkylation sites (tertiary alicyclic amines) is 1. The number of amides is 2. The predicted octanol–water partition coefficient (Wildman–Crippen LogP) is 1.09. The van der Waals surface area contributed by atoms with E-state index in [0.717, 1.165) is 51.4 Å². The molecule has 4 aliphatic rings. The van der Waals surface area contributed by atoms with Crippen LogP contribution in [0.3, 0.4) is 0 Å². The summed E-state index contributed by atoms with van der Waals surface area (Å²) < 4.78 is 5.32. The number of carbonyl (C=O) groups excluding carboxylic acids is 2. The van der Waals surface area contributed by atoms with Crippen LogP contribution < -0.4 is 10.6 Å². The summed E-state index contributed by atoms with van der Waals surface area (Å²) in [5.41, 5.74) is 1.43. The van der Waals surface area contributed by atoms with E-state index in [4.69, 9.17) is 4.74 Å². The third-order valence-corrected chi connectivity index (χ3v) is 6.43. The lowest BCUT2D eigenvalue weighted by Gasteiger charge is -2.18. The fourth-order valence-corrected chi connectivity index (χ4v) is 4.98. The second-order valence-corrected chi connectivity index (χ2v) is 8.04. The highest BCUT2D eigenvalue weighted by molar-refractivity contribution is 6.06. The second kappa shape index (κ2) is 8.47. The highest BCUT2D eigenvalue weighted by Gasteiger charge is 2.58. The highest BCUT2D eigenvalue weighted by atomic mass is 16.5. The van der Waals surface area contributed by atoms with Crippen molar-refractivity contribution in [2.24, 2.45) is 28.7 Å². The van der Waals surface area contributed by atoms with E-state index in [-0.39, 0.29) is 35.5 Å². The number of allylic oxidation sites excluding steroid dienone is 2. The maximum absolute atomic E-state index is 12.7. The number of hydrogen-bond donors (Lipinski definition) is 2. The predicted molar refractivity (Wildman–Crippen MR) is 107 cm³/mol. The summed E-state index contributed by atoms with van der Waals surface area (Å²) >= 11 is 0. The Kier molecular flexibility index (Phi) is 5.80. The van der Waals surface area contributed by atoms with Crippen molar-refractivity contribution in [2.45, 2.75) is 25.7 Å². The number of hydrogen-bond acceptors (Lipinski definition) is 4. The van der Waals surface area contributed by atoms with Gasteiger partial charge in [0.25, 0.3) is 0 Å². The van der Waals surface area contributed by atoms with Crippen LogP contribution in [0.25, 0.3) is 0 Å². The quantitative estimate of drug-likeness (QED) is 0.225. The molecule has 0 spiro atoms. The third-order valence-electron chi connectivity index (χ3n) is 6.43. The summed E-state index contributed by atoms with van der Waals surface area (Å²) in [6.45, 7) is 3.52. The summed E-state index contributed by atoms with van der Waals surface area (Å²) in [5, 5.41) is 6.59. The lowest BCUT2D eigenvalue weighted by molar-refractivity contribution is -0.140. The molecule has 2 fully saturated rings. The van der Waals surface area contributed by atoms with E-state index in [1.54, 1.807) is 7.05 Å². The number of imide groups is 1. The summed E-state index contributed by atoms with van der Waals surface area (Å²) in [7, 11) is 1.75. The topological polar surface area (TPSA) is 83.0 Å². The molecule has 1 saturated carbocycles. The van der Waals surface area contributed by atoms with Crippen molar-refractivity contribution >= 4 is 17.8 Å². The Morgan fingerprint density at radius 2 is 1.89 bits per heavy atom. The van der Waals surface area contributed by atoms with Crippen LogP contribution in [0, 0.1) is 23.7 Å². The third kappa shape index (κ3) is 3.72. The van der Waals surface area contributed by atoms with Crippen molar-refractivity contribution in [2.75, 3.05) is 39.9 Å². The number of fused-ring (bicyclic) bond motifs is 5. The molecule has 2 aliphatic carbocycles. The SMILES string of the molecule is CN=C(NCCCN1C(=O)C2C3C=CC(C3)C2C1=O)NCCC1=CCOCC1. The van der Waals surface area contributed by atoms with Gasteiger partial charge in [0.05, 0.1) is 25.0 Å². The Morgan fingerprint density at radius 3 is 2.54 bits per heavy atom. The molecule has 2 amide bonds. The lowest BCUT2D eigenvalue weighted by atomic mass is 9.85. The van der Waals surface area contributed by atoms with Crippen LogP contribution in [0.5, 0.6) is 0 Å². The summed E-state index contributed by atoms with van der Waals surface area (Å²) in [6, 6.07) is 0. The van der Waals surface area contributed by atoms with E-state index < -0.39 is 0 Å². The zero-order chi connectivity index (χ0) is 19.5. The van der Waals surface area contributed by atoms with Crippen molar-refractivity contribution in [3.05, 3.63) is 23.8 Å². The summed E-state index contributed by atoms with van der Waals surface area (Å²) in [4.78, 5) is 31.1. The normalized spacial score (nSPS) is 31.4. The molecule has 7 heteroatoms. The van der Waals surface area contributed by atoms with Crippen molar-refractivity contribution < 1.29 is 14.3 Å². The average molecular weight is 386 g/mol.